The second-order valence-electron chi connectivity index (χ2n) is 27.9. The van der Waals surface area contributed by atoms with Crippen LogP contribution in [0.2, 0.25) is 0 Å². The lowest BCUT2D eigenvalue weighted by atomic mass is 10.0. The fraction of sp³-hybridized carbons (Fsp3) is 0.947. The highest BCUT2D eigenvalue weighted by atomic mass is 31.2. The quantitative estimate of drug-likeness (QED) is 0.0222. The zero-order chi connectivity index (χ0) is 69.8. The number of phosphoric acid groups is 2. The summed E-state index contributed by atoms with van der Waals surface area (Å²) in [5, 5.41) is 10.6. The third-order valence-corrected chi connectivity index (χ3v) is 19.7. The Balaban J connectivity index is 5.18. The second kappa shape index (κ2) is 69.2. The smallest absolute Gasteiger partial charge is 0.462 e. The first-order chi connectivity index (χ1) is 46.0. The molecule has 0 spiro atoms. The van der Waals surface area contributed by atoms with Crippen molar-refractivity contribution in [2.24, 2.45) is 5.92 Å². The number of carbonyl (C=O) groups excluding carboxylic acids is 4. The summed E-state index contributed by atoms with van der Waals surface area (Å²) >= 11 is 0. The van der Waals surface area contributed by atoms with Crippen LogP contribution >= 0.6 is 15.6 Å². The SMILES string of the molecule is CCCCCCCCCCCCCCCCCCCCCC(=O)O[C@H](COC(=O)CCCCCCCCCCCCCCCCCC(C)C)COP(=O)(O)OC[C@@H](O)COP(=O)(O)OC[C@@H](COC(=O)CCCCCCCCCCC)OC(=O)CCCCCCCCCCC. The van der Waals surface area contributed by atoms with Gasteiger partial charge in [-0.05, 0) is 31.6 Å². The van der Waals surface area contributed by atoms with Gasteiger partial charge in [0.1, 0.15) is 19.3 Å². The Morgan fingerprint density at radius 3 is 0.716 bits per heavy atom. The maximum absolute atomic E-state index is 13.1. The fourth-order valence-corrected chi connectivity index (χ4v) is 13.3. The van der Waals surface area contributed by atoms with Crippen LogP contribution in [0.25, 0.3) is 0 Å². The van der Waals surface area contributed by atoms with E-state index in [0.29, 0.717) is 25.7 Å². The van der Waals surface area contributed by atoms with E-state index in [9.17, 15) is 43.2 Å². The van der Waals surface area contributed by atoms with Gasteiger partial charge in [-0.2, -0.15) is 0 Å². The van der Waals surface area contributed by atoms with E-state index in [-0.39, 0.29) is 25.7 Å². The van der Waals surface area contributed by atoms with Crippen molar-refractivity contribution in [3.8, 4) is 0 Å². The van der Waals surface area contributed by atoms with Crippen LogP contribution in [0.15, 0.2) is 0 Å². The summed E-state index contributed by atoms with van der Waals surface area (Å²) in [7, 11) is -9.90. The number of rotatable bonds is 76. The third kappa shape index (κ3) is 70.3. The summed E-state index contributed by atoms with van der Waals surface area (Å²) in [6, 6.07) is 0. The van der Waals surface area contributed by atoms with E-state index in [0.717, 1.165) is 95.8 Å². The van der Waals surface area contributed by atoms with Crippen LogP contribution in [0.3, 0.4) is 0 Å². The second-order valence-corrected chi connectivity index (χ2v) is 30.8. The monoisotopic (exact) mass is 1400 g/mol. The van der Waals surface area contributed by atoms with Crippen molar-refractivity contribution in [3.05, 3.63) is 0 Å². The summed E-state index contributed by atoms with van der Waals surface area (Å²) in [4.78, 5) is 72.7. The van der Waals surface area contributed by atoms with E-state index in [1.807, 2.05) is 0 Å². The highest BCUT2D eigenvalue weighted by molar-refractivity contribution is 7.47. The molecule has 0 aromatic heterocycles. The van der Waals surface area contributed by atoms with E-state index >= 15 is 0 Å². The fourth-order valence-electron chi connectivity index (χ4n) is 11.7. The van der Waals surface area contributed by atoms with Gasteiger partial charge in [-0.3, -0.25) is 37.3 Å². The predicted molar refractivity (Wildman–Crippen MR) is 386 cm³/mol. The molecule has 0 aliphatic carbocycles. The Kier molecular flexibility index (Phi) is 67.7. The van der Waals surface area contributed by atoms with Crippen molar-refractivity contribution >= 4 is 39.5 Å². The minimum Gasteiger partial charge on any atom is -0.462 e. The molecule has 0 aromatic carbocycles. The Hall–Kier alpha value is -1.94. The molecule has 2 unspecified atom stereocenters. The molecule has 564 valence electrons. The average Bonchev–Trinajstić information content (AvgIpc) is 1.49. The molecule has 0 saturated heterocycles. The molecule has 5 atom stereocenters. The van der Waals surface area contributed by atoms with Gasteiger partial charge >= 0.3 is 39.5 Å². The largest absolute Gasteiger partial charge is 0.472 e. The molecule has 0 rings (SSSR count). The minimum atomic E-state index is -4.96. The first-order valence-electron chi connectivity index (χ1n) is 39.6. The molecule has 95 heavy (non-hydrogen) atoms. The Labute approximate surface area is 581 Å². The van der Waals surface area contributed by atoms with Crippen LogP contribution < -0.4 is 0 Å². The van der Waals surface area contributed by atoms with Crippen molar-refractivity contribution in [2.75, 3.05) is 39.6 Å². The first-order valence-corrected chi connectivity index (χ1v) is 42.6. The lowest BCUT2D eigenvalue weighted by Crippen LogP contribution is -2.30. The maximum Gasteiger partial charge on any atom is 0.472 e. The number of hydrogen-bond donors (Lipinski definition) is 3. The van der Waals surface area contributed by atoms with Gasteiger partial charge in [0.15, 0.2) is 12.2 Å². The van der Waals surface area contributed by atoms with Crippen LogP contribution in [0.4, 0.5) is 0 Å². The van der Waals surface area contributed by atoms with Gasteiger partial charge < -0.3 is 33.8 Å². The lowest BCUT2D eigenvalue weighted by Gasteiger charge is -2.21. The van der Waals surface area contributed by atoms with Gasteiger partial charge in [-0.15, -0.1) is 0 Å². The molecule has 0 aromatic rings. The number of aliphatic hydroxyl groups excluding tert-OH is 1. The highest BCUT2D eigenvalue weighted by Crippen LogP contribution is 2.45. The van der Waals surface area contributed by atoms with Gasteiger partial charge in [0.05, 0.1) is 26.4 Å². The van der Waals surface area contributed by atoms with Crippen molar-refractivity contribution in [3.63, 3.8) is 0 Å². The lowest BCUT2D eigenvalue weighted by molar-refractivity contribution is -0.161. The van der Waals surface area contributed by atoms with Gasteiger partial charge in [0, 0.05) is 25.7 Å². The van der Waals surface area contributed by atoms with Gasteiger partial charge in [0.2, 0.25) is 0 Å². The summed E-state index contributed by atoms with van der Waals surface area (Å²) in [5.74, 6) is -1.31. The number of esters is 4. The number of hydrogen-bond acceptors (Lipinski definition) is 15. The van der Waals surface area contributed by atoms with E-state index in [2.05, 4.69) is 34.6 Å². The number of unbranched alkanes of at least 4 members (excludes halogenated alkanes) is 48. The zero-order valence-corrected chi connectivity index (χ0v) is 63.6. The molecule has 0 aliphatic rings. The van der Waals surface area contributed by atoms with Crippen molar-refractivity contribution in [2.45, 2.75) is 419 Å². The third-order valence-electron chi connectivity index (χ3n) is 17.8. The van der Waals surface area contributed by atoms with Crippen molar-refractivity contribution in [1.82, 2.24) is 0 Å². The average molecular weight is 1400 g/mol. The predicted octanol–water partition coefficient (Wildman–Crippen LogP) is 22.5. The summed E-state index contributed by atoms with van der Waals surface area (Å²) in [6.07, 6.45) is 58.4. The van der Waals surface area contributed by atoms with Crippen LogP contribution in [0, 0.1) is 5.92 Å². The van der Waals surface area contributed by atoms with E-state index in [1.165, 1.54) is 225 Å². The molecule has 0 amide bonds. The van der Waals surface area contributed by atoms with Crippen molar-refractivity contribution in [1.29, 1.82) is 0 Å². The number of phosphoric ester groups is 2. The molecule has 0 radical (unpaired) electrons. The molecule has 3 N–H and O–H groups in total. The molecule has 0 fully saturated rings. The Bertz CT molecular complexity index is 1820. The molecule has 0 aliphatic heterocycles. The topological polar surface area (TPSA) is 237 Å². The molecule has 17 nitrogen and oxygen atoms in total. The molecular weight excluding hydrogens is 1250 g/mol. The van der Waals surface area contributed by atoms with E-state index < -0.39 is 97.5 Å². The summed E-state index contributed by atoms with van der Waals surface area (Å²) in [6.45, 7) is 7.29. The molecule has 0 saturated carbocycles. The van der Waals surface area contributed by atoms with Gasteiger partial charge in [0.25, 0.3) is 0 Å². The van der Waals surface area contributed by atoms with E-state index in [4.69, 9.17) is 37.0 Å². The Morgan fingerprint density at radius 2 is 0.484 bits per heavy atom. The maximum atomic E-state index is 13.1. The minimum absolute atomic E-state index is 0.106. The molecule has 0 bridgehead atoms. The molecule has 19 heteroatoms. The summed E-state index contributed by atoms with van der Waals surface area (Å²) < 4.78 is 68.4. The standard InChI is InChI=1S/C76H148O17P2/c1-6-9-12-15-18-21-22-23-24-25-26-27-30-34-37-42-47-52-57-62-76(81)93-72(66-87-74(79)60-55-50-45-41-36-33-31-28-29-32-35-40-43-48-53-58-69(4)5)68-91-95(84,85)89-64-70(77)63-88-94(82,83)90-67-71(92-75(80)61-56-51-46-39-20-17-14-11-8-3)65-86-73(78)59-54-49-44-38-19-16-13-10-7-2/h69-72,77H,6-68H2,1-5H3,(H,82,83)(H,84,85)/t70-,71+,72+/m0/s1. The Morgan fingerprint density at radius 1 is 0.284 bits per heavy atom. The first kappa shape index (κ1) is 93.1. The molecular formula is C76H148O17P2. The van der Waals surface area contributed by atoms with Gasteiger partial charge in [-0.25, -0.2) is 9.13 Å². The number of carbonyl (C=O) groups is 4. The number of ether oxygens (including phenoxy) is 4. The number of aliphatic hydroxyl groups is 1. The highest BCUT2D eigenvalue weighted by Gasteiger charge is 2.30. The van der Waals surface area contributed by atoms with Crippen LogP contribution in [0.5, 0.6) is 0 Å². The van der Waals surface area contributed by atoms with Crippen molar-refractivity contribution < 1.29 is 80.2 Å². The molecule has 0 heterocycles. The van der Waals surface area contributed by atoms with Crippen LogP contribution in [-0.4, -0.2) is 96.7 Å². The zero-order valence-electron chi connectivity index (χ0n) is 61.8. The normalized spacial score (nSPS) is 13.9. The van der Waals surface area contributed by atoms with Crippen LogP contribution in [0.1, 0.15) is 401 Å². The summed E-state index contributed by atoms with van der Waals surface area (Å²) in [5.41, 5.74) is 0. The van der Waals surface area contributed by atoms with Crippen LogP contribution in [-0.2, 0) is 65.4 Å². The van der Waals surface area contributed by atoms with E-state index in [1.54, 1.807) is 0 Å². The van der Waals surface area contributed by atoms with Gasteiger partial charge in [-0.1, -0.05) is 349 Å².